The maximum Gasteiger partial charge on any atom is 0.257 e. The van der Waals surface area contributed by atoms with Gasteiger partial charge in [0.05, 0.1) is 12.2 Å². The van der Waals surface area contributed by atoms with Crippen molar-refractivity contribution in [1.82, 2.24) is 29.0 Å². The second-order valence-corrected chi connectivity index (χ2v) is 7.41. The van der Waals surface area contributed by atoms with E-state index in [9.17, 15) is 17.2 Å². The van der Waals surface area contributed by atoms with Crippen molar-refractivity contribution in [1.29, 1.82) is 0 Å². The van der Waals surface area contributed by atoms with E-state index in [0.717, 1.165) is 17.1 Å². The lowest BCUT2D eigenvalue weighted by Crippen LogP contribution is -2.49. The van der Waals surface area contributed by atoms with Crippen molar-refractivity contribution < 1.29 is 17.2 Å². The lowest BCUT2D eigenvalue weighted by atomic mass is 10.2. The number of aryl methyl sites for hydroxylation is 1. The Hall–Kier alpha value is -1.85. The lowest BCUT2D eigenvalue weighted by Gasteiger charge is -2.34. The van der Waals surface area contributed by atoms with Gasteiger partial charge < -0.3 is 9.88 Å². The third kappa shape index (κ3) is 3.19. The van der Waals surface area contributed by atoms with Crippen LogP contribution in [0.1, 0.15) is 11.9 Å². The zero-order valence-electron chi connectivity index (χ0n) is 13.0. The quantitative estimate of drug-likeness (QED) is 0.824. The minimum Gasteiger partial charge on any atom is -0.337 e. The van der Waals surface area contributed by atoms with Gasteiger partial charge in [0.1, 0.15) is 17.3 Å². The average molecular weight is 360 g/mol. The first-order valence-electron chi connectivity index (χ1n) is 7.40. The Morgan fingerprint density at radius 2 is 2.25 bits per heavy atom. The monoisotopic (exact) mass is 360 g/mol. The molecule has 8 nitrogen and oxygen atoms in total. The zero-order valence-corrected chi connectivity index (χ0v) is 13.8. The Labute approximate surface area is 138 Å². The lowest BCUT2D eigenvalue weighted by molar-refractivity contribution is 0.121. The van der Waals surface area contributed by atoms with Gasteiger partial charge in [-0.25, -0.2) is 22.2 Å². The molecule has 2 aromatic heterocycles. The van der Waals surface area contributed by atoms with Crippen LogP contribution in [-0.2, 0) is 23.6 Å². The Kier molecular flexibility index (Phi) is 4.65. The third-order valence-electron chi connectivity index (χ3n) is 3.89. The molecule has 11 heteroatoms. The fourth-order valence-electron chi connectivity index (χ4n) is 2.75. The highest BCUT2D eigenvalue weighted by atomic mass is 32.2. The van der Waals surface area contributed by atoms with Crippen LogP contribution >= 0.6 is 0 Å². The average Bonchev–Trinajstić information content (AvgIpc) is 3.16. The second-order valence-electron chi connectivity index (χ2n) is 5.52. The van der Waals surface area contributed by atoms with E-state index < -0.39 is 29.0 Å². The number of aromatic nitrogens is 4. The van der Waals surface area contributed by atoms with E-state index in [1.165, 1.54) is 4.31 Å². The number of piperazine rings is 1. The van der Waals surface area contributed by atoms with Gasteiger partial charge >= 0.3 is 0 Å². The zero-order chi connectivity index (χ0) is 17.3. The van der Waals surface area contributed by atoms with Gasteiger partial charge in [0.15, 0.2) is 0 Å². The first-order valence-corrected chi connectivity index (χ1v) is 8.84. The van der Waals surface area contributed by atoms with Crippen LogP contribution in [0.15, 0.2) is 29.7 Å². The molecule has 1 aliphatic heterocycles. The molecule has 3 rings (SSSR count). The van der Waals surface area contributed by atoms with E-state index in [0.29, 0.717) is 18.9 Å². The summed E-state index contributed by atoms with van der Waals surface area (Å²) in [5.74, 6) is 0.616. The van der Waals surface area contributed by atoms with Crippen molar-refractivity contribution in [2.75, 3.05) is 19.6 Å². The molecule has 0 spiro atoms. The SMILES string of the molecule is Cn1ccnc1C1CNCCN1S(=O)(=O)c1cnn(CC(F)F)c1. The summed E-state index contributed by atoms with van der Waals surface area (Å²) in [6.07, 6.45) is 3.00. The van der Waals surface area contributed by atoms with Crippen molar-refractivity contribution in [3.8, 4) is 0 Å². The Morgan fingerprint density at radius 1 is 1.46 bits per heavy atom. The van der Waals surface area contributed by atoms with Gasteiger partial charge in [0.25, 0.3) is 6.43 Å². The van der Waals surface area contributed by atoms with Crippen molar-refractivity contribution in [3.05, 3.63) is 30.6 Å². The van der Waals surface area contributed by atoms with Gasteiger partial charge in [-0.05, 0) is 0 Å². The molecule has 1 aliphatic rings. The van der Waals surface area contributed by atoms with Crippen LogP contribution in [0, 0.1) is 0 Å². The van der Waals surface area contributed by atoms with Crippen molar-refractivity contribution in [2.45, 2.75) is 23.9 Å². The number of hydrogen-bond acceptors (Lipinski definition) is 5. The number of alkyl halides is 2. The summed E-state index contributed by atoms with van der Waals surface area (Å²) in [6.45, 7) is 0.556. The summed E-state index contributed by atoms with van der Waals surface area (Å²) in [7, 11) is -2.06. The van der Waals surface area contributed by atoms with E-state index in [1.54, 1.807) is 24.0 Å². The molecule has 0 amide bonds. The molecular formula is C13H18F2N6O2S. The summed E-state index contributed by atoms with van der Waals surface area (Å²) >= 11 is 0. The van der Waals surface area contributed by atoms with Gasteiger partial charge in [-0.15, -0.1) is 0 Å². The standard InChI is InChI=1S/C13H18F2N6O2S/c1-19-4-3-17-13(19)11-7-16-2-5-21(11)24(22,23)10-6-18-20(8-10)9-12(14)15/h3-4,6,8,11-12,16H,2,5,7,9H2,1H3. The fraction of sp³-hybridized carbons (Fsp3) is 0.538. The molecule has 1 fully saturated rings. The van der Waals surface area contributed by atoms with Crippen LogP contribution in [0.5, 0.6) is 0 Å². The minimum atomic E-state index is -3.86. The van der Waals surface area contributed by atoms with Crippen LogP contribution in [0.4, 0.5) is 8.78 Å². The first-order chi connectivity index (χ1) is 11.4. The molecule has 0 saturated carbocycles. The normalized spacial score (nSPS) is 19.9. The molecule has 0 aromatic carbocycles. The van der Waals surface area contributed by atoms with Crippen molar-refractivity contribution >= 4 is 10.0 Å². The van der Waals surface area contributed by atoms with Crippen molar-refractivity contribution in [2.24, 2.45) is 7.05 Å². The highest BCUT2D eigenvalue weighted by Gasteiger charge is 2.37. The molecule has 1 N–H and O–H groups in total. The largest absolute Gasteiger partial charge is 0.337 e. The highest BCUT2D eigenvalue weighted by molar-refractivity contribution is 7.89. The predicted octanol–water partition coefficient (Wildman–Crippen LogP) is 0.217. The van der Waals surface area contributed by atoms with Gasteiger partial charge in [0, 0.05) is 45.3 Å². The van der Waals surface area contributed by atoms with E-state index in [-0.39, 0.29) is 11.4 Å². The Balaban J connectivity index is 1.92. The van der Waals surface area contributed by atoms with E-state index >= 15 is 0 Å². The number of sulfonamides is 1. The van der Waals surface area contributed by atoms with Gasteiger partial charge in [-0.3, -0.25) is 4.68 Å². The second kappa shape index (κ2) is 6.57. The van der Waals surface area contributed by atoms with Gasteiger partial charge in [-0.1, -0.05) is 0 Å². The topological polar surface area (TPSA) is 85.1 Å². The number of imidazole rings is 1. The molecule has 2 aromatic rings. The summed E-state index contributed by atoms with van der Waals surface area (Å²) in [5, 5.41) is 6.87. The summed E-state index contributed by atoms with van der Waals surface area (Å²) in [6, 6.07) is -0.470. The third-order valence-corrected chi connectivity index (χ3v) is 5.75. The Morgan fingerprint density at radius 3 is 2.92 bits per heavy atom. The van der Waals surface area contributed by atoms with E-state index in [1.807, 2.05) is 0 Å². The Bertz CT molecular complexity index is 803. The van der Waals surface area contributed by atoms with E-state index in [2.05, 4.69) is 15.4 Å². The number of nitrogens with one attached hydrogen (secondary N) is 1. The molecular weight excluding hydrogens is 342 g/mol. The number of halogens is 2. The van der Waals surface area contributed by atoms with Crippen LogP contribution in [0.25, 0.3) is 0 Å². The predicted molar refractivity (Wildman–Crippen MR) is 80.9 cm³/mol. The van der Waals surface area contributed by atoms with Crippen molar-refractivity contribution in [3.63, 3.8) is 0 Å². The molecule has 1 unspecified atom stereocenters. The fourth-order valence-corrected chi connectivity index (χ4v) is 4.29. The maximum absolute atomic E-state index is 12.9. The molecule has 0 aliphatic carbocycles. The van der Waals surface area contributed by atoms with Crippen LogP contribution in [0.2, 0.25) is 0 Å². The van der Waals surface area contributed by atoms with E-state index in [4.69, 9.17) is 0 Å². The number of nitrogens with zero attached hydrogens (tertiary/aromatic N) is 5. The minimum absolute atomic E-state index is 0.0933. The van der Waals surface area contributed by atoms with Gasteiger partial charge in [-0.2, -0.15) is 9.40 Å². The molecule has 3 heterocycles. The number of hydrogen-bond donors (Lipinski definition) is 1. The molecule has 132 valence electrons. The molecule has 1 saturated heterocycles. The molecule has 24 heavy (non-hydrogen) atoms. The first kappa shape index (κ1) is 17.0. The smallest absolute Gasteiger partial charge is 0.257 e. The molecule has 1 atom stereocenters. The highest BCUT2D eigenvalue weighted by Crippen LogP contribution is 2.27. The van der Waals surface area contributed by atoms with Crippen LogP contribution < -0.4 is 5.32 Å². The van der Waals surface area contributed by atoms with Crippen LogP contribution in [-0.4, -0.2) is 58.1 Å². The summed E-state index contributed by atoms with van der Waals surface area (Å²) < 4.78 is 54.8. The number of rotatable bonds is 5. The maximum atomic E-state index is 12.9. The van der Waals surface area contributed by atoms with Crippen LogP contribution in [0.3, 0.4) is 0 Å². The summed E-state index contributed by atoms with van der Waals surface area (Å²) in [5.41, 5.74) is 0. The molecule has 0 bridgehead atoms. The van der Waals surface area contributed by atoms with Gasteiger partial charge in [0.2, 0.25) is 10.0 Å². The summed E-state index contributed by atoms with van der Waals surface area (Å²) in [4.78, 5) is 4.15. The molecule has 0 radical (unpaired) electrons.